The molecule has 1 unspecified atom stereocenters. The van der Waals surface area contributed by atoms with Crippen molar-refractivity contribution < 1.29 is 4.79 Å². The van der Waals surface area contributed by atoms with Crippen LogP contribution in [0.3, 0.4) is 0 Å². The van der Waals surface area contributed by atoms with Gasteiger partial charge in [-0.1, -0.05) is 61.0 Å². The lowest BCUT2D eigenvalue weighted by Crippen LogP contribution is -2.58. The van der Waals surface area contributed by atoms with Gasteiger partial charge >= 0.3 is 0 Å². The molecule has 3 heteroatoms. The summed E-state index contributed by atoms with van der Waals surface area (Å²) < 4.78 is 0. The minimum Gasteiger partial charge on any atom is -0.365 e. The van der Waals surface area contributed by atoms with Gasteiger partial charge in [-0.25, -0.2) is 0 Å². The monoisotopic (exact) mass is 344 g/mol. The van der Waals surface area contributed by atoms with E-state index in [0.717, 1.165) is 22.4 Å². The standard InChI is InChI=1S/C23H24N2O/c1-5-19-13-9-10-14-20(19)16-21-17(2)24(3)22(23(26)25(21)4)15-18-11-7-6-8-12-18/h1,6-14,21-22H,2,15-16H2,3-4H3/t21?,22-/m0/s1. The second-order valence-electron chi connectivity index (χ2n) is 6.78. The Balaban J connectivity index is 1.82. The van der Waals surface area contributed by atoms with Crippen LogP contribution >= 0.6 is 0 Å². The summed E-state index contributed by atoms with van der Waals surface area (Å²) in [7, 11) is 3.82. The second-order valence-corrected chi connectivity index (χ2v) is 6.78. The molecule has 2 atom stereocenters. The maximum atomic E-state index is 13.0. The number of piperazine rings is 1. The van der Waals surface area contributed by atoms with E-state index in [2.05, 4.69) is 24.6 Å². The fourth-order valence-corrected chi connectivity index (χ4v) is 3.58. The van der Waals surface area contributed by atoms with Gasteiger partial charge in [-0.15, -0.1) is 6.42 Å². The van der Waals surface area contributed by atoms with Crippen LogP contribution in [0, 0.1) is 12.3 Å². The fourth-order valence-electron chi connectivity index (χ4n) is 3.58. The third kappa shape index (κ3) is 3.36. The van der Waals surface area contributed by atoms with Crippen LogP contribution < -0.4 is 0 Å². The van der Waals surface area contributed by atoms with Crippen molar-refractivity contribution in [2.24, 2.45) is 0 Å². The average molecular weight is 344 g/mol. The minimum atomic E-state index is -0.228. The molecule has 1 fully saturated rings. The van der Waals surface area contributed by atoms with Crippen molar-refractivity contribution >= 4 is 5.91 Å². The summed E-state index contributed by atoms with van der Waals surface area (Å²) in [6.45, 7) is 4.29. The van der Waals surface area contributed by atoms with Crippen molar-refractivity contribution in [2.45, 2.75) is 24.9 Å². The first-order chi connectivity index (χ1) is 12.5. The number of hydrogen-bond acceptors (Lipinski definition) is 2. The van der Waals surface area contributed by atoms with Gasteiger partial charge in [0.25, 0.3) is 0 Å². The van der Waals surface area contributed by atoms with E-state index in [4.69, 9.17) is 6.42 Å². The molecular formula is C23H24N2O. The van der Waals surface area contributed by atoms with E-state index < -0.39 is 0 Å². The number of benzene rings is 2. The van der Waals surface area contributed by atoms with Crippen LogP contribution in [-0.4, -0.2) is 41.9 Å². The van der Waals surface area contributed by atoms with Gasteiger partial charge < -0.3 is 9.80 Å². The van der Waals surface area contributed by atoms with Crippen LogP contribution in [0.5, 0.6) is 0 Å². The van der Waals surface area contributed by atoms with E-state index in [-0.39, 0.29) is 18.0 Å². The molecule has 0 N–H and O–H groups in total. The number of rotatable bonds is 4. The van der Waals surface area contributed by atoms with Crippen LogP contribution in [0.15, 0.2) is 66.9 Å². The van der Waals surface area contributed by atoms with Crippen molar-refractivity contribution in [1.29, 1.82) is 0 Å². The summed E-state index contributed by atoms with van der Waals surface area (Å²) in [5, 5.41) is 0. The Morgan fingerprint density at radius 1 is 0.962 bits per heavy atom. The molecule has 0 spiro atoms. The van der Waals surface area contributed by atoms with Crippen LogP contribution in [0.1, 0.15) is 16.7 Å². The Kier molecular flexibility index (Phi) is 5.14. The molecule has 0 aromatic heterocycles. The summed E-state index contributed by atoms with van der Waals surface area (Å²) in [4.78, 5) is 16.9. The Labute approximate surface area is 155 Å². The molecule has 0 bridgehead atoms. The molecule has 26 heavy (non-hydrogen) atoms. The van der Waals surface area contributed by atoms with E-state index in [1.54, 1.807) is 0 Å². The molecule has 2 aromatic rings. The number of likely N-dealkylation sites (N-methyl/N-ethyl adjacent to an activating group) is 2. The molecule has 0 saturated carbocycles. The maximum absolute atomic E-state index is 13.0. The Morgan fingerprint density at radius 2 is 1.62 bits per heavy atom. The molecular weight excluding hydrogens is 320 g/mol. The van der Waals surface area contributed by atoms with Gasteiger partial charge in [-0.3, -0.25) is 4.79 Å². The topological polar surface area (TPSA) is 23.6 Å². The normalized spacial score (nSPS) is 20.2. The van der Waals surface area contributed by atoms with Gasteiger partial charge in [0.1, 0.15) is 6.04 Å². The Bertz CT molecular complexity index is 850. The van der Waals surface area contributed by atoms with Crippen LogP contribution in [-0.2, 0) is 17.6 Å². The molecule has 3 rings (SSSR count). The van der Waals surface area contributed by atoms with Gasteiger partial charge in [0, 0.05) is 31.8 Å². The highest BCUT2D eigenvalue weighted by atomic mass is 16.2. The van der Waals surface area contributed by atoms with Crippen molar-refractivity contribution in [3.63, 3.8) is 0 Å². The number of nitrogens with zero attached hydrogens (tertiary/aromatic N) is 2. The SMILES string of the molecule is C#Cc1ccccc1CC1C(=C)N(C)[C@@H](Cc2ccccc2)C(=O)N1C. The van der Waals surface area contributed by atoms with Crippen LogP contribution in [0.25, 0.3) is 0 Å². The van der Waals surface area contributed by atoms with E-state index in [0.29, 0.717) is 12.8 Å². The predicted molar refractivity (Wildman–Crippen MR) is 105 cm³/mol. The molecule has 3 nitrogen and oxygen atoms in total. The van der Waals surface area contributed by atoms with Gasteiger partial charge in [0.05, 0.1) is 6.04 Å². The highest BCUT2D eigenvalue weighted by Gasteiger charge is 2.39. The molecule has 2 aromatic carbocycles. The summed E-state index contributed by atoms with van der Waals surface area (Å²) in [5.41, 5.74) is 4.03. The summed E-state index contributed by atoms with van der Waals surface area (Å²) in [6.07, 6.45) is 6.97. The smallest absolute Gasteiger partial charge is 0.245 e. The summed E-state index contributed by atoms with van der Waals surface area (Å²) in [6, 6.07) is 17.7. The molecule has 0 aliphatic carbocycles. The molecule has 0 radical (unpaired) electrons. The molecule has 1 aliphatic heterocycles. The van der Waals surface area contributed by atoms with Gasteiger partial charge in [-0.05, 0) is 23.6 Å². The molecule has 1 saturated heterocycles. The Hall–Kier alpha value is -2.99. The average Bonchev–Trinajstić information content (AvgIpc) is 2.68. The number of carbonyl (C=O) groups is 1. The van der Waals surface area contributed by atoms with Crippen LogP contribution in [0.4, 0.5) is 0 Å². The van der Waals surface area contributed by atoms with Crippen molar-refractivity contribution in [3.05, 3.63) is 83.6 Å². The van der Waals surface area contributed by atoms with Crippen molar-refractivity contribution in [1.82, 2.24) is 9.80 Å². The highest BCUT2D eigenvalue weighted by molar-refractivity contribution is 5.84. The zero-order chi connectivity index (χ0) is 18.7. The van der Waals surface area contributed by atoms with Gasteiger partial charge in [-0.2, -0.15) is 0 Å². The lowest BCUT2D eigenvalue weighted by Gasteiger charge is -2.45. The Morgan fingerprint density at radius 3 is 2.31 bits per heavy atom. The number of carbonyl (C=O) groups excluding carboxylic acids is 1. The van der Waals surface area contributed by atoms with Crippen LogP contribution in [0.2, 0.25) is 0 Å². The van der Waals surface area contributed by atoms with Gasteiger partial charge in [0.15, 0.2) is 0 Å². The van der Waals surface area contributed by atoms with Crippen molar-refractivity contribution in [2.75, 3.05) is 14.1 Å². The third-order valence-corrected chi connectivity index (χ3v) is 5.26. The van der Waals surface area contributed by atoms with E-state index in [1.807, 2.05) is 66.4 Å². The van der Waals surface area contributed by atoms with E-state index >= 15 is 0 Å². The first-order valence-electron chi connectivity index (χ1n) is 8.79. The van der Waals surface area contributed by atoms with E-state index in [1.165, 1.54) is 0 Å². The first-order valence-corrected chi connectivity index (χ1v) is 8.79. The fraction of sp³-hybridized carbons (Fsp3) is 0.261. The quantitative estimate of drug-likeness (QED) is 0.796. The first kappa shape index (κ1) is 17.8. The number of amides is 1. The third-order valence-electron chi connectivity index (χ3n) is 5.26. The lowest BCUT2D eigenvalue weighted by atomic mass is 9.92. The number of hydrogen-bond donors (Lipinski definition) is 0. The van der Waals surface area contributed by atoms with E-state index in [9.17, 15) is 4.79 Å². The molecule has 132 valence electrons. The minimum absolute atomic E-state index is 0.0889. The second kappa shape index (κ2) is 7.49. The summed E-state index contributed by atoms with van der Waals surface area (Å²) in [5.74, 6) is 2.85. The number of terminal acetylenes is 1. The lowest BCUT2D eigenvalue weighted by molar-refractivity contribution is -0.140. The zero-order valence-electron chi connectivity index (χ0n) is 15.4. The predicted octanol–water partition coefficient (Wildman–Crippen LogP) is 3.11. The largest absolute Gasteiger partial charge is 0.365 e. The highest BCUT2D eigenvalue weighted by Crippen LogP contribution is 2.27. The molecule has 1 aliphatic rings. The van der Waals surface area contributed by atoms with Crippen molar-refractivity contribution in [3.8, 4) is 12.3 Å². The molecule has 1 heterocycles. The molecule has 1 amide bonds. The van der Waals surface area contributed by atoms with Gasteiger partial charge in [0.2, 0.25) is 5.91 Å². The maximum Gasteiger partial charge on any atom is 0.245 e. The zero-order valence-corrected chi connectivity index (χ0v) is 15.4. The summed E-state index contributed by atoms with van der Waals surface area (Å²) >= 11 is 0.